The Kier molecular flexibility index (Phi) is 7.45. The number of nitrogens with zero attached hydrogens (tertiary/aromatic N) is 1. The summed E-state index contributed by atoms with van der Waals surface area (Å²) in [5, 5.41) is 16.1. The second kappa shape index (κ2) is 10.0. The Balaban J connectivity index is 1.95. The van der Waals surface area contributed by atoms with Crippen LogP contribution in [-0.4, -0.2) is 36.5 Å². The second-order valence-corrected chi connectivity index (χ2v) is 5.65. The van der Waals surface area contributed by atoms with Gasteiger partial charge < -0.3 is 15.4 Å². The van der Waals surface area contributed by atoms with Gasteiger partial charge in [0.25, 0.3) is 17.5 Å². The third kappa shape index (κ3) is 6.19. The Morgan fingerprint density at radius 1 is 1.07 bits per heavy atom. The predicted molar refractivity (Wildman–Crippen MR) is 101 cm³/mol. The molecule has 2 N–H and O–H groups in total. The van der Waals surface area contributed by atoms with Gasteiger partial charge in [0.2, 0.25) is 0 Å². The lowest BCUT2D eigenvalue weighted by atomic mass is 10.1. The highest BCUT2D eigenvalue weighted by atomic mass is 16.6. The molecule has 0 unspecified atom stereocenters. The molecule has 2 rings (SSSR count). The number of benzene rings is 2. The van der Waals surface area contributed by atoms with Crippen molar-refractivity contribution in [2.75, 3.05) is 25.1 Å². The van der Waals surface area contributed by atoms with Crippen molar-refractivity contribution in [2.24, 2.45) is 0 Å². The monoisotopic (exact) mass is 371 g/mol. The molecule has 8 nitrogen and oxygen atoms in total. The van der Waals surface area contributed by atoms with Gasteiger partial charge in [-0.15, -0.1) is 0 Å². The normalized spacial score (nSPS) is 10.3. The first-order chi connectivity index (χ1) is 13.0. The molecule has 0 saturated heterocycles. The fourth-order valence-corrected chi connectivity index (χ4v) is 2.30. The van der Waals surface area contributed by atoms with E-state index in [4.69, 9.17) is 4.74 Å². The van der Waals surface area contributed by atoms with Gasteiger partial charge in [-0.2, -0.15) is 0 Å². The highest BCUT2D eigenvalue weighted by Crippen LogP contribution is 2.15. The van der Waals surface area contributed by atoms with Gasteiger partial charge in [0.15, 0.2) is 0 Å². The largest absolute Gasteiger partial charge is 0.382 e. The van der Waals surface area contributed by atoms with Crippen LogP contribution in [-0.2, 0) is 4.74 Å². The number of anilines is 1. The van der Waals surface area contributed by atoms with Crippen LogP contribution >= 0.6 is 0 Å². The van der Waals surface area contributed by atoms with E-state index < -0.39 is 10.8 Å². The summed E-state index contributed by atoms with van der Waals surface area (Å²) in [6.07, 6.45) is 0.718. The SMILES string of the molecule is CCOCCCNC(=O)c1cccc(NC(=O)c2ccc([N+](=O)[O-])cc2)c1. The quantitative estimate of drug-likeness (QED) is 0.400. The predicted octanol–water partition coefficient (Wildman–Crippen LogP) is 3.00. The maximum atomic E-state index is 12.3. The van der Waals surface area contributed by atoms with E-state index in [1.165, 1.54) is 24.3 Å². The summed E-state index contributed by atoms with van der Waals surface area (Å²) in [5.41, 5.74) is 1.08. The van der Waals surface area contributed by atoms with Gasteiger partial charge in [0, 0.05) is 48.7 Å². The number of amides is 2. The van der Waals surface area contributed by atoms with E-state index in [9.17, 15) is 19.7 Å². The van der Waals surface area contributed by atoms with Crippen LogP contribution in [0.5, 0.6) is 0 Å². The minimum atomic E-state index is -0.530. The fourth-order valence-electron chi connectivity index (χ4n) is 2.30. The van der Waals surface area contributed by atoms with Gasteiger partial charge in [0.1, 0.15) is 0 Å². The summed E-state index contributed by atoms with van der Waals surface area (Å²) in [5.74, 6) is -0.655. The van der Waals surface area contributed by atoms with Gasteiger partial charge in [-0.05, 0) is 43.7 Å². The lowest BCUT2D eigenvalue weighted by molar-refractivity contribution is -0.384. The summed E-state index contributed by atoms with van der Waals surface area (Å²) in [7, 11) is 0. The number of nitro groups is 1. The van der Waals surface area contributed by atoms with Gasteiger partial charge in [-0.1, -0.05) is 6.07 Å². The van der Waals surface area contributed by atoms with Crippen molar-refractivity contribution in [1.82, 2.24) is 5.32 Å². The van der Waals surface area contributed by atoms with Crippen molar-refractivity contribution >= 4 is 23.2 Å². The number of non-ortho nitro benzene ring substituents is 1. The average molecular weight is 371 g/mol. The lowest BCUT2D eigenvalue weighted by Crippen LogP contribution is -2.25. The molecule has 0 aliphatic heterocycles. The van der Waals surface area contributed by atoms with E-state index in [1.807, 2.05) is 6.92 Å². The molecule has 2 aromatic rings. The lowest BCUT2D eigenvalue weighted by Gasteiger charge is -2.08. The van der Waals surface area contributed by atoms with E-state index in [1.54, 1.807) is 24.3 Å². The first kappa shape index (κ1) is 20.1. The van der Waals surface area contributed by atoms with Crippen molar-refractivity contribution in [2.45, 2.75) is 13.3 Å². The zero-order chi connectivity index (χ0) is 19.6. The number of hydrogen-bond acceptors (Lipinski definition) is 5. The molecular formula is C19H21N3O5. The van der Waals surface area contributed by atoms with Crippen LogP contribution in [0.3, 0.4) is 0 Å². The third-order valence-corrected chi connectivity index (χ3v) is 3.68. The topological polar surface area (TPSA) is 111 Å². The van der Waals surface area contributed by atoms with Crippen molar-refractivity contribution in [3.8, 4) is 0 Å². The van der Waals surface area contributed by atoms with Crippen LogP contribution in [0.25, 0.3) is 0 Å². The molecule has 2 amide bonds. The molecule has 0 spiro atoms. The maximum Gasteiger partial charge on any atom is 0.269 e. The smallest absolute Gasteiger partial charge is 0.269 e. The average Bonchev–Trinajstić information content (AvgIpc) is 2.68. The van der Waals surface area contributed by atoms with E-state index >= 15 is 0 Å². The van der Waals surface area contributed by atoms with Crippen molar-refractivity contribution < 1.29 is 19.2 Å². The Bertz CT molecular complexity index is 805. The third-order valence-electron chi connectivity index (χ3n) is 3.68. The summed E-state index contributed by atoms with van der Waals surface area (Å²) < 4.78 is 5.21. The van der Waals surface area contributed by atoms with Gasteiger partial charge >= 0.3 is 0 Å². The molecule has 0 atom stereocenters. The van der Waals surface area contributed by atoms with Crippen LogP contribution in [0.1, 0.15) is 34.1 Å². The molecule has 142 valence electrons. The first-order valence-electron chi connectivity index (χ1n) is 8.53. The molecule has 0 fully saturated rings. The second-order valence-electron chi connectivity index (χ2n) is 5.65. The molecule has 0 aliphatic carbocycles. The molecular weight excluding hydrogens is 350 g/mol. The Morgan fingerprint density at radius 2 is 1.81 bits per heavy atom. The Labute approximate surface area is 156 Å². The van der Waals surface area contributed by atoms with Gasteiger partial charge in [-0.3, -0.25) is 19.7 Å². The van der Waals surface area contributed by atoms with Gasteiger partial charge in [-0.25, -0.2) is 0 Å². The highest BCUT2D eigenvalue weighted by Gasteiger charge is 2.11. The Hall–Kier alpha value is -3.26. The summed E-state index contributed by atoms with van der Waals surface area (Å²) in [6.45, 7) is 3.64. The number of carbonyl (C=O) groups is 2. The van der Waals surface area contributed by atoms with E-state index in [0.717, 1.165) is 6.42 Å². The zero-order valence-electron chi connectivity index (χ0n) is 14.9. The minimum Gasteiger partial charge on any atom is -0.382 e. The first-order valence-corrected chi connectivity index (χ1v) is 8.53. The van der Waals surface area contributed by atoms with Crippen molar-refractivity contribution in [3.05, 3.63) is 69.8 Å². The molecule has 27 heavy (non-hydrogen) atoms. The molecule has 8 heteroatoms. The maximum absolute atomic E-state index is 12.3. The summed E-state index contributed by atoms with van der Waals surface area (Å²) >= 11 is 0. The minimum absolute atomic E-state index is 0.0884. The van der Waals surface area contributed by atoms with Crippen LogP contribution in [0.4, 0.5) is 11.4 Å². The molecule has 0 heterocycles. The van der Waals surface area contributed by atoms with Crippen molar-refractivity contribution in [1.29, 1.82) is 0 Å². The molecule has 0 radical (unpaired) electrons. The molecule has 0 saturated carbocycles. The van der Waals surface area contributed by atoms with Crippen LogP contribution < -0.4 is 10.6 Å². The summed E-state index contributed by atoms with van der Waals surface area (Å²) in [6, 6.07) is 11.8. The van der Waals surface area contributed by atoms with Gasteiger partial charge in [0.05, 0.1) is 4.92 Å². The standard InChI is InChI=1S/C19H21N3O5/c1-2-27-12-4-11-20-18(23)15-5-3-6-16(13-15)21-19(24)14-7-9-17(10-8-14)22(25)26/h3,5-10,13H,2,4,11-12H2,1H3,(H,20,23)(H,21,24). The number of nitro benzene ring substituents is 1. The summed E-state index contributed by atoms with van der Waals surface area (Å²) in [4.78, 5) is 34.5. The molecule has 2 aromatic carbocycles. The number of ether oxygens (including phenoxy) is 1. The molecule has 0 aliphatic rings. The number of rotatable bonds is 9. The van der Waals surface area contributed by atoms with Crippen LogP contribution in [0.2, 0.25) is 0 Å². The van der Waals surface area contributed by atoms with E-state index in [-0.39, 0.29) is 17.2 Å². The zero-order valence-corrected chi connectivity index (χ0v) is 14.9. The fraction of sp³-hybridized carbons (Fsp3) is 0.263. The van der Waals surface area contributed by atoms with Crippen LogP contribution in [0, 0.1) is 10.1 Å². The van der Waals surface area contributed by atoms with Crippen molar-refractivity contribution in [3.63, 3.8) is 0 Å². The molecule has 0 bridgehead atoms. The van der Waals surface area contributed by atoms with Crippen LogP contribution in [0.15, 0.2) is 48.5 Å². The molecule has 0 aromatic heterocycles. The highest BCUT2D eigenvalue weighted by molar-refractivity contribution is 6.05. The van der Waals surface area contributed by atoms with E-state index in [0.29, 0.717) is 31.0 Å². The number of nitrogens with one attached hydrogen (secondary N) is 2. The van der Waals surface area contributed by atoms with E-state index in [2.05, 4.69) is 10.6 Å². The number of hydrogen-bond donors (Lipinski definition) is 2. The Morgan fingerprint density at radius 3 is 2.48 bits per heavy atom. The number of carbonyl (C=O) groups excluding carboxylic acids is 2.